The highest BCUT2D eigenvalue weighted by atomic mass is 16.5. The Morgan fingerprint density at radius 2 is 1.83 bits per heavy atom. The van der Waals surface area contributed by atoms with Gasteiger partial charge in [-0.15, -0.1) is 0 Å². The van der Waals surface area contributed by atoms with Gasteiger partial charge in [-0.05, 0) is 79.0 Å². The smallest absolute Gasteiger partial charge is 0.420 e. The fraction of sp³-hybridized carbons (Fsp3) is 0.281. The summed E-state index contributed by atoms with van der Waals surface area (Å²) in [4.78, 5) is 40.7. The molecule has 2 aliphatic rings. The number of aromatic hydroxyl groups is 1. The van der Waals surface area contributed by atoms with Crippen LogP contribution in [-0.2, 0) is 21.5 Å². The molecule has 2 heterocycles. The molecule has 0 saturated carbocycles. The standard InChI is InChI=1S/C32H31N3O6/c1-40-29(37)23-8-4-6-21(16-23)20-35-26-18-24(10-11-28(26)41-31(35)39)32(12-13-32)30(38)33-19-27(34-14-2-3-15-34)22-7-5-9-25(36)17-22/h4-13,16-18,27,36H,2-3,14-15,19-20H2,1H3,(H,33,38). The maximum Gasteiger partial charge on any atom is 0.420 e. The molecule has 3 aromatic carbocycles. The van der Waals surface area contributed by atoms with E-state index in [2.05, 4.69) is 10.2 Å². The van der Waals surface area contributed by atoms with E-state index in [0.717, 1.165) is 42.6 Å². The zero-order chi connectivity index (χ0) is 28.6. The molecule has 9 heteroatoms. The zero-order valence-corrected chi connectivity index (χ0v) is 22.7. The number of oxazole rings is 1. The van der Waals surface area contributed by atoms with Crippen molar-refractivity contribution in [2.75, 3.05) is 26.7 Å². The highest BCUT2D eigenvalue weighted by molar-refractivity contribution is 5.98. The Kier molecular flexibility index (Phi) is 6.96. The van der Waals surface area contributed by atoms with Crippen molar-refractivity contribution in [3.63, 3.8) is 0 Å². The third kappa shape index (κ3) is 5.16. The van der Waals surface area contributed by atoms with Gasteiger partial charge in [0.25, 0.3) is 0 Å². The normalized spacial score (nSPS) is 16.5. The molecule has 0 spiro atoms. The van der Waals surface area contributed by atoms with E-state index < -0.39 is 17.1 Å². The second kappa shape index (κ2) is 10.7. The lowest BCUT2D eigenvalue weighted by molar-refractivity contribution is -0.123. The van der Waals surface area contributed by atoms with Gasteiger partial charge in [0.1, 0.15) is 11.2 Å². The largest absolute Gasteiger partial charge is 0.508 e. The molecule has 1 saturated heterocycles. The van der Waals surface area contributed by atoms with E-state index in [1.54, 1.807) is 42.5 Å². The fourth-order valence-corrected chi connectivity index (χ4v) is 5.70. The average Bonchev–Trinajstić information content (AvgIpc) is 3.51. The van der Waals surface area contributed by atoms with Crippen LogP contribution in [0, 0.1) is 0 Å². The number of hydrogen-bond acceptors (Lipinski definition) is 7. The van der Waals surface area contributed by atoms with Crippen molar-refractivity contribution < 1.29 is 23.8 Å². The first-order valence-electron chi connectivity index (χ1n) is 13.7. The van der Waals surface area contributed by atoms with Crippen LogP contribution in [0.1, 0.15) is 45.9 Å². The lowest BCUT2D eigenvalue weighted by atomic mass is 9.92. The summed E-state index contributed by atoms with van der Waals surface area (Å²) in [6.07, 6.45) is 5.92. The van der Waals surface area contributed by atoms with Crippen molar-refractivity contribution in [1.29, 1.82) is 0 Å². The number of nitrogens with one attached hydrogen (secondary N) is 1. The SMILES string of the molecule is COC(=O)c1cccc(Cn2c(=O)oc3ccc(C4(C(=O)NCC(c5cccc(O)c5)N5CCCC5)C=C4)cc32)c1. The number of likely N-dealkylation sites (tertiary alicyclic amines) is 1. The molecule has 210 valence electrons. The molecule has 1 amide bonds. The summed E-state index contributed by atoms with van der Waals surface area (Å²) in [7, 11) is 1.32. The first kappa shape index (κ1) is 26.6. The number of benzene rings is 3. The van der Waals surface area contributed by atoms with E-state index in [0.29, 0.717) is 23.2 Å². The van der Waals surface area contributed by atoms with Crippen molar-refractivity contribution in [2.45, 2.75) is 30.8 Å². The number of carbonyl (C=O) groups excluding carboxylic acids is 2. The summed E-state index contributed by atoms with van der Waals surface area (Å²) in [6.45, 7) is 2.47. The molecule has 1 aliphatic heterocycles. The van der Waals surface area contributed by atoms with Crippen LogP contribution >= 0.6 is 0 Å². The fourth-order valence-electron chi connectivity index (χ4n) is 5.70. The summed E-state index contributed by atoms with van der Waals surface area (Å²) >= 11 is 0. The number of phenolic OH excluding ortho intramolecular Hbond substituents is 1. The molecule has 1 aromatic heterocycles. The van der Waals surface area contributed by atoms with E-state index >= 15 is 0 Å². The summed E-state index contributed by atoms with van der Waals surface area (Å²) in [5.74, 6) is -0.927. The van der Waals surface area contributed by atoms with Gasteiger partial charge >= 0.3 is 11.7 Å². The molecular weight excluding hydrogens is 522 g/mol. The minimum atomic E-state index is -0.911. The van der Waals surface area contributed by atoms with Crippen molar-refractivity contribution in [1.82, 2.24) is 14.8 Å². The maximum absolute atomic E-state index is 13.6. The van der Waals surface area contributed by atoms with Crippen LogP contribution in [-0.4, -0.2) is 53.2 Å². The van der Waals surface area contributed by atoms with Gasteiger partial charge in [0.2, 0.25) is 5.91 Å². The first-order chi connectivity index (χ1) is 19.9. The topological polar surface area (TPSA) is 114 Å². The van der Waals surface area contributed by atoms with Crippen molar-refractivity contribution in [3.8, 4) is 5.75 Å². The third-order valence-corrected chi connectivity index (χ3v) is 8.00. The molecule has 1 aliphatic carbocycles. The second-order valence-corrected chi connectivity index (χ2v) is 10.6. The number of fused-ring (bicyclic) bond motifs is 1. The average molecular weight is 554 g/mol. The molecule has 0 bridgehead atoms. The lowest BCUT2D eigenvalue weighted by Crippen LogP contribution is -2.41. The van der Waals surface area contributed by atoms with Crippen LogP contribution in [0.25, 0.3) is 11.1 Å². The van der Waals surface area contributed by atoms with Gasteiger partial charge in [0.05, 0.1) is 30.8 Å². The van der Waals surface area contributed by atoms with Gasteiger partial charge in [0.15, 0.2) is 5.58 Å². The Morgan fingerprint density at radius 3 is 2.56 bits per heavy atom. The number of carbonyl (C=O) groups is 2. The minimum absolute atomic E-state index is 0.0494. The van der Waals surface area contributed by atoms with E-state index in [4.69, 9.17) is 9.15 Å². The van der Waals surface area contributed by atoms with Crippen LogP contribution in [0.2, 0.25) is 0 Å². The Bertz CT molecular complexity index is 1710. The summed E-state index contributed by atoms with van der Waals surface area (Å²) in [5.41, 5.74) is 2.89. The molecule has 41 heavy (non-hydrogen) atoms. The number of aromatic nitrogens is 1. The van der Waals surface area contributed by atoms with Crippen LogP contribution in [0.3, 0.4) is 0 Å². The number of hydrogen-bond donors (Lipinski definition) is 2. The summed E-state index contributed by atoms with van der Waals surface area (Å²) < 4.78 is 11.8. The predicted molar refractivity (Wildman–Crippen MR) is 153 cm³/mol. The van der Waals surface area contributed by atoms with Gasteiger partial charge in [-0.25, -0.2) is 9.59 Å². The van der Waals surface area contributed by atoms with E-state index in [9.17, 15) is 19.5 Å². The van der Waals surface area contributed by atoms with Gasteiger partial charge in [-0.3, -0.25) is 14.3 Å². The minimum Gasteiger partial charge on any atom is -0.508 e. The number of nitrogens with zero attached hydrogens (tertiary/aromatic N) is 2. The third-order valence-electron chi connectivity index (χ3n) is 8.00. The van der Waals surface area contributed by atoms with Crippen molar-refractivity contribution in [3.05, 3.63) is 112 Å². The van der Waals surface area contributed by atoms with Crippen LogP contribution in [0.4, 0.5) is 0 Å². The first-order valence-corrected chi connectivity index (χ1v) is 13.7. The number of rotatable bonds is 9. The maximum atomic E-state index is 13.6. The van der Waals surface area contributed by atoms with Crippen LogP contribution in [0.5, 0.6) is 5.75 Å². The van der Waals surface area contributed by atoms with E-state index in [-0.39, 0.29) is 24.2 Å². The lowest BCUT2D eigenvalue weighted by Gasteiger charge is -2.29. The monoisotopic (exact) mass is 553 g/mol. The molecule has 1 unspecified atom stereocenters. The van der Waals surface area contributed by atoms with E-state index in [1.807, 2.05) is 36.4 Å². The highest BCUT2D eigenvalue weighted by Crippen LogP contribution is 2.40. The molecule has 1 fully saturated rings. The highest BCUT2D eigenvalue weighted by Gasteiger charge is 2.44. The van der Waals surface area contributed by atoms with Crippen molar-refractivity contribution >= 4 is 23.0 Å². The van der Waals surface area contributed by atoms with Gasteiger partial charge < -0.3 is 19.6 Å². The Hall–Kier alpha value is -4.63. The molecule has 6 rings (SSSR count). The second-order valence-electron chi connectivity index (χ2n) is 10.6. The molecule has 2 N–H and O–H groups in total. The summed E-state index contributed by atoms with van der Waals surface area (Å²) in [5, 5.41) is 13.2. The van der Waals surface area contributed by atoms with E-state index in [1.165, 1.54) is 11.7 Å². The summed E-state index contributed by atoms with van der Waals surface area (Å²) in [6, 6.07) is 19.4. The number of methoxy groups -OCH3 is 1. The molecule has 9 nitrogen and oxygen atoms in total. The van der Waals surface area contributed by atoms with Gasteiger partial charge in [-0.1, -0.05) is 42.5 Å². The predicted octanol–water partition coefficient (Wildman–Crippen LogP) is 3.90. The molecule has 1 atom stereocenters. The molecule has 0 radical (unpaired) electrons. The Labute approximate surface area is 236 Å². The van der Waals surface area contributed by atoms with Gasteiger partial charge in [0, 0.05) is 6.54 Å². The Balaban J connectivity index is 1.24. The van der Waals surface area contributed by atoms with Crippen LogP contribution < -0.4 is 11.1 Å². The number of esters is 1. The number of amides is 1. The Morgan fingerprint density at radius 1 is 1.05 bits per heavy atom. The molecule has 4 aromatic rings. The number of ether oxygens (including phenoxy) is 1. The number of phenols is 1. The van der Waals surface area contributed by atoms with Gasteiger partial charge in [-0.2, -0.15) is 0 Å². The van der Waals surface area contributed by atoms with Crippen molar-refractivity contribution in [2.24, 2.45) is 0 Å². The van der Waals surface area contributed by atoms with Crippen LogP contribution in [0.15, 0.2) is 88.1 Å². The molecular formula is C32H31N3O6. The zero-order valence-electron chi connectivity index (χ0n) is 22.7. The quantitative estimate of drug-likeness (QED) is 0.239.